The molecular weight excluding hydrogens is 404 g/mol. The number of allylic oxidation sites excluding steroid dienone is 3. The van der Waals surface area contributed by atoms with E-state index in [1.165, 1.54) is 0 Å². The average Bonchev–Trinajstić information content (AvgIpc) is 3.12. The van der Waals surface area contributed by atoms with Crippen LogP contribution < -0.4 is 10.2 Å². The number of fused-ring (bicyclic) bond motifs is 1. The first kappa shape index (κ1) is 23.1. The molecule has 0 saturated carbocycles. The number of hydrogen-bond donors (Lipinski definition) is 1. The Balaban J connectivity index is 1.58. The van der Waals surface area contributed by atoms with E-state index in [0.29, 0.717) is 12.2 Å². The first-order valence-electron chi connectivity index (χ1n) is 10.7. The standard InChI is InChI=1S/C24H30N6O2/c1-16(14-25-5)11-17(2)24-18(3)12-20(15-26-24)27-21(31)7-8-23(32)29-9-6-10-30-22(29)13-19(4)28-30/h11-15H,5-10H2,1-4H3,(H,27,31)/b16-14-,17-11+. The Kier molecular flexibility index (Phi) is 7.35. The van der Waals surface area contributed by atoms with Crippen LogP contribution in [0.2, 0.25) is 0 Å². The topological polar surface area (TPSA) is 92.5 Å². The highest BCUT2D eigenvalue weighted by Gasteiger charge is 2.24. The van der Waals surface area contributed by atoms with E-state index in [9.17, 15) is 9.59 Å². The number of anilines is 2. The van der Waals surface area contributed by atoms with Crippen LogP contribution in [0.1, 0.15) is 50.1 Å². The number of pyridine rings is 1. The summed E-state index contributed by atoms with van der Waals surface area (Å²) in [6.07, 6.45) is 6.42. The molecule has 0 bridgehead atoms. The molecule has 0 saturated heterocycles. The molecule has 168 valence electrons. The maximum atomic E-state index is 12.7. The van der Waals surface area contributed by atoms with Gasteiger partial charge in [0, 0.05) is 38.2 Å². The fraction of sp³-hybridized carbons (Fsp3) is 0.375. The molecular formula is C24H30N6O2. The van der Waals surface area contributed by atoms with Crippen LogP contribution in [0.4, 0.5) is 11.5 Å². The van der Waals surface area contributed by atoms with E-state index in [1.54, 1.807) is 17.3 Å². The van der Waals surface area contributed by atoms with Gasteiger partial charge in [0.15, 0.2) is 0 Å². The van der Waals surface area contributed by atoms with Crippen LogP contribution >= 0.6 is 0 Å². The Morgan fingerprint density at radius 1 is 1.22 bits per heavy atom. The predicted molar refractivity (Wildman–Crippen MR) is 128 cm³/mol. The zero-order valence-electron chi connectivity index (χ0n) is 19.2. The van der Waals surface area contributed by atoms with Crippen LogP contribution in [0.15, 0.2) is 41.2 Å². The molecule has 0 fully saturated rings. The molecule has 32 heavy (non-hydrogen) atoms. The average molecular weight is 435 g/mol. The van der Waals surface area contributed by atoms with Gasteiger partial charge < -0.3 is 5.32 Å². The summed E-state index contributed by atoms with van der Waals surface area (Å²) in [5.41, 5.74) is 5.28. The smallest absolute Gasteiger partial charge is 0.228 e. The summed E-state index contributed by atoms with van der Waals surface area (Å²) in [7, 11) is 0. The third-order valence-electron chi connectivity index (χ3n) is 5.25. The molecule has 2 amide bonds. The monoisotopic (exact) mass is 434 g/mol. The second-order valence-electron chi connectivity index (χ2n) is 8.09. The maximum absolute atomic E-state index is 12.7. The van der Waals surface area contributed by atoms with Gasteiger partial charge in [-0.3, -0.25) is 24.5 Å². The number of nitrogens with zero attached hydrogens (tertiary/aromatic N) is 5. The van der Waals surface area contributed by atoms with Crippen LogP contribution in [0.3, 0.4) is 0 Å². The first-order chi connectivity index (χ1) is 15.3. The summed E-state index contributed by atoms with van der Waals surface area (Å²) >= 11 is 0. The number of hydrogen-bond acceptors (Lipinski definition) is 5. The van der Waals surface area contributed by atoms with E-state index >= 15 is 0 Å². The Bertz CT molecular complexity index is 1100. The van der Waals surface area contributed by atoms with Crippen molar-refractivity contribution in [2.24, 2.45) is 4.99 Å². The van der Waals surface area contributed by atoms with E-state index in [-0.39, 0.29) is 24.7 Å². The van der Waals surface area contributed by atoms with Crippen molar-refractivity contribution in [3.8, 4) is 0 Å². The lowest BCUT2D eigenvalue weighted by Gasteiger charge is -2.27. The minimum absolute atomic E-state index is 0.0659. The number of aryl methyl sites for hydroxylation is 3. The normalized spacial score (nSPS) is 14.2. The predicted octanol–water partition coefficient (Wildman–Crippen LogP) is 4.06. The van der Waals surface area contributed by atoms with Gasteiger partial charge in [0.2, 0.25) is 11.8 Å². The molecule has 0 atom stereocenters. The van der Waals surface area contributed by atoms with E-state index in [0.717, 1.165) is 46.9 Å². The van der Waals surface area contributed by atoms with E-state index in [4.69, 9.17) is 0 Å². The summed E-state index contributed by atoms with van der Waals surface area (Å²) in [5.74, 6) is 0.535. The third-order valence-corrected chi connectivity index (χ3v) is 5.25. The highest BCUT2D eigenvalue weighted by Crippen LogP contribution is 2.23. The van der Waals surface area contributed by atoms with Crippen molar-refractivity contribution in [1.82, 2.24) is 14.8 Å². The number of rotatable bonds is 7. The maximum Gasteiger partial charge on any atom is 0.228 e. The van der Waals surface area contributed by atoms with Crippen LogP contribution in [0.25, 0.3) is 5.57 Å². The lowest BCUT2D eigenvalue weighted by Crippen LogP contribution is -2.37. The molecule has 0 aromatic carbocycles. The minimum atomic E-state index is -0.211. The van der Waals surface area contributed by atoms with Gasteiger partial charge in [0.05, 0.1) is 23.3 Å². The third kappa shape index (κ3) is 5.57. The van der Waals surface area contributed by atoms with Gasteiger partial charge in [-0.15, -0.1) is 0 Å². The van der Waals surface area contributed by atoms with Gasteiger partial charge in [-0.2, -0.15) is 5.10 Å². The first-order valence-corrected chi connectivity index (χ1v) is 10.7. The number of aliphatic imine (C=N–C) groups is 1. The SMILES string of the molecule is C=N/C=C(C)\C=C(/C)c1ncc(NC(=O)CCC(=O)N2CCCn3nc(C)cc32)cc1C. The molecule has 8 nitrogen and oxygen atoms in total. The van der Waals surface area contributed by atoms with Crippen molar-refractivity contribution < 1.29 is 9.59 Å². The van der Waals surface area contributed by atoms with Gasteiger partial charge >= 0.3 is 0 Å². The molecule has 1 aliphatic heterocycles. The molecule has 2 aromatic heterocycles. The molecule has 8 heteroatoms. The van der Waals surface area contributed by atoms with E-state index in [1.807, 2.05) is 50.6 Å². The van der Waals surface area contributed by atoms with Crippen molar-refractivity contribution in [1.29, 1.82) is 0 Å². The molecule has 3 rings (SSSR count). The summed E-state index contributed by atoms with van der Waals surface area (Å²) < 4.78 is 1.86. The number of carbonyl (C=O) groups excluding carboxylic acids is 2. The molecule has 0 spiro atoms. The lowest BCUT2D eigenvalue weighted by molar-refractivity contribution is -0.122. The molecule has 2 aromatic rings. The fourth-order valence-corrected chi connectivity index (χ4v) is 3.89. The van der Waals surface area contributed by atoms with Gasteiger partial charge in [-0.25, -0.2) is 4.68 Å². The second kappa shape index (κ2) is 10.2. The summed E-state index contributed by atoms with van der Waals surface area (Å²) in [5, 5.41) is 7.26. The summed E-state index contributed by atoms with van der Waals surface area (Å²) in [4.78, 5) is 35.1. The van der Waals surface area contributed by atoms with Crippen LogP contribution in [0.5, 0.6) is 0 Å². The van der Waals surface area contributed by atoms with Gasteiger partial charge in [0.25, 0.3) is 0 Å². The van der Waals surface area contributed by atoms with E-state index < -0.39 is 0 Å². The quantitative estimate of drug-likeness (QED) is 0.525. The Morgan fingerprint density at radius 2 is 2.00 bits per heavy atom. The lowest BCUT2D eigenvalue weighted by atomic mass is 10.1. The molecule has 0 aliphatic carbocycles. The van der Waals surface area contributed by atoms with Crippen LogP contribution in [0, 0.1) is 13.8 Å². The van der Waals surface area contributed by atoms with E-state index in [2.05, 4.69) is 27.1 Å². The number of nitrogens with one attached hydrogen (secondary N) is 1. The highest BCUT2D eigenvalue weighted by atomic mass is 16.2. The second-order valence-corrected chi connectivity index (χ2v) is 8.09. The van der Waals surface area contributed by atoms with Crippen LogP contribution in [-0.2, 0) is 16.1 Å². The number of amides is 2. The minimum Gasteiger partial charge on any atom is -0.325 e. The molecule has 1 aliphatic rings. The van der Waals surface area contributed by atoms with Gasteiger partial charge in [-0.05, 0) is 63.6 Å². The fourth-order valence-electron chi connectivity index (χ4n) is 3.89. The van der Waals surface area contributed by atoms with Crippen molar-refractivity contribution in [2.45, 2.75) is 53.5 Å². The molecule has 3 heterocycles. The highest BCUT2D eigenvalue weighted by molar-refractivity contribution is 5.97. The van der Waals surface area contributed by atoms with Crippen LogP contribution in [-0.4, -0.2) is 39.8 Å². The van der Waals surface area contributed by atoms with Crippen molar-refractivity contribution >= 4 is 35.6 Å². The largest absolute Gasteiger partial charge is 0.325 e. The number of carbonyl (C=O) groups is 2. The summed E-state index contributed by atoms with van der Waals surface area (Å²) in [6, 6.07) is 3.80. The Morgan fingerprint density at radius 3 is 2.72 bits per heavy atom. The van der Waals surface area contributed by atoms with Crippen molar-refractivity contribution in [3.63, 3.8) is 0 Å². The Hall–Kier alpha value is -3.55. The Labute approximate surface area is 188 Å². The summed E-state index contributed by atoms with van der Waals surface area (Å²) in [6.45, 7) is 12.7. The van der Waals surface area contributed by atoms with Crippen molar-refractivity contribution in [2.75, 3.05) is 16.8 Å². The zero-order valence-corrected chi connectivity index (χ0v) is 19.2. The molecule has 1 N–H and O–H groups in total. The number of aromatic nitrogens is 3. The molecule has 0 radical (unpaired) electrons. The van der Waals surface area contributed by atoms with Gasteiger partial charge in [-0.1, -0.05) is 6.08 Å². The zero-order chi connectivity index (χ0) is 23.3. The van der Waals surface area contributed by atoms with Gasteiger partial charge in [0.1, 0.15) is 5.82 Å². The molecule has 0 unspecified atom stereocenters. The van der Waals surface area contributed by atoms with Crippen molar-refractivity contribution in [3.05, 3.63) is 53.1 Å².